The summed E-state index contributed by atoms with van der Waals surface area (Å²) in [5, 5.41) is 0. The van der Waals surface area contributed by atoms with Crippen molar-refractivity contribution in [3.05, 3.63) is 35.4 Å². The molecule has 1 unspecified atom stereocenters. The summed E-state index contributed by atoms with van der Waals surface area (Å²) in [4.78, 5) is 4.27. The lowest BCUT2D eigenvalue weighted by Crippen LogP contribution is -2.24. The second-order valence-corrected chi connectivity index (χ2v) is 5.18. The van der Waals surface area contributed by atoms with E-state index in [1.54, 1.807) is 6.21 Å². The number of aliphatic imine (C=N–C) groups is 1. The van der Waals surface area contributed by atoms with Gasteiger partial charge in [-0.15, -0.1) is 0 Å². The Bertz CT molecular complexity index is 424. The van der Waals surface area contributed by atoms with E-state index in [0.717, 1.165) is 30.7 Å². The van der Waals surface area contributed by atoms with Gasteiger partial charge in [-0.05, 0) is 30.5 Å². The van der Waals surface area contributed by atoms with Crippen LogP contribution >= 0.6 is 0 Å². The van der Waals surface area contributed by atoms with Gasteiger partial charge in [0.05, 0.1) is 5.56 Å². The molecule has 2 N–H and O–H groups in total. The minimum absolute atomic E-state index is 0.257. The number of benzene rings is 1. The fourth-order valence-corrected chi connectivity index (χ4v) is 1.99. The molecular formula is C16H23F3N2. The highest BCUT2D eigenvalue weighted by molar-refractivity contribution is 5.64. The zero-order valence-corrected chi connectivity index (χ0v) is 12.4. The third kappa shape index (κ3) is 7.27. The van der Waals surface area contributed by atoms with Crippen LogP contribution in [0.2, 0.25) is 0 Å². The van der Waals surface area contributed by atoms with E-state index >= 15 is 0 Å². The molecule has 2 nitrogen and oxygen atoms in total. The summed E-state index contributed by atoms with van der Waals surface area (Å²) in [6.45, 7) is 2.92. The summed E-state index contributed by atoms with van der Waals surface area (Å²) in [7, 11) is 0. The van der Waals surface area contributed by atoms with Gasteiger partial charge < -0.3 is 5.73 Å². The fraction of sp³-hybridized carbons (Fsp3) is 0.562. The Hall–Kier alpha value is -1.36. The molecule has 0 saturated heterocycles. The average Bonchev–Trinajstić information content (AvgIpc) is 2.42. The van der Waals surface area contributed by atoms with Crippen molar-refractivity contribution in [2.45, 2.75) is 51.2 Å². The normalized spacial score (nSPS) is 13.8. The van der Waals surface area contributed by atoms with Crippen molar-refractivity contribution in [1.29, 1.82) is 0 Å². The Kier molecular flexibility index (Phi) is 7.43. The molecule has 0 aromatic heterocycles. The van der Waals surface area contributed by atoms with Gasteiger partial charge in [-0.3, -0.25) is 4.99 Å². The Morgan fingerprint density at radius 1 is 1.14 bits per heavy atom. The van der Waals surface area contributed by atoms with Crippen LogP contribution in [0.4, 0.5) is 13.2 Å². The molecule has 0 aliphatic carbocycles. The maximum absolute atomic E-state index is 12.4. The van der Waals surface area contributed by atoms with Crippen molar-refractivity contribution in [3.8, 4) is 0 Å². The molecule has 21 heavy (non-hydrogen) atoms. The first-order valence-corrected chi connectivity index (χ1v) is 7.35. The van der Waals surface area contributed by atoms with Crippen molar-refractivity contribution < 1.29 is 13.2 Å². The molecule has 0 aliphatic heterocycles. The van der Waals surface area contributed by atoms with Crippen molar-refractivity contribution in [3.63, 3.8) is 0 Å². The van der Waals surface area contributed by atoms with Gasteiger partial charge in [0.1, 0.15) is 0 Å². The number of hydrogen-bond donors (Lipinski definition) is 1. The van der Waals surface area contributed by atoms with Gasteiger partial charge in [0.25, 0.3) is 0 Å². The van der Waals surface area contributed by atoms with E-state index in [4.69, 9.17) is 5.73 Å². The second kappa shape index (κ2) is 8.82. The number of nitrogens with two attached hydrogens (primary N) is 1. The van der Waals surface area contributed by atoms with Gasteiger partial charge in [0, 0.05) is 18.8 Å². The van der Waals surface area contributed by atoms with Gasteiger partial charge in [-0.1, -0.05) is 38.3 Å². The van der Waals surface area contributed by atoms with Crippen LogP contribution in [-0.4, -0.2) is 18.8 Å². The van der Waals surface area contributed by atoms with Crippen molar-refractivity contribution in [2.75, 3.05) is 6.54 Å². The van der Waals surface area contributed by atoms with Crippen molar-refractivity contribution in [1.82, 2.24) is 0 Å². The van der Waals surface area contributed by atoms with E-state index in [1.807, 2.05) is 0 Å². The van der Waals surface area contributed by atoms with Gasteiger partial charge >= 0.3 is 6.18 Å². The van der Waals surface area contributed by atoms with Gasteiger partial charge in [0.2, 0.25) is 0 Å². The minimum atomic E-state index is -4.29. The Balaban J connectivity index is 2.37. The molecule has 0 heterocycles. The third-order valence-electron chi connectivity index (χ3n) is 3.19. The highest BCUT2D eigenvalue weighted by Crippen LogP contribution is 2.29. The van der Waals surface area contributed by atoms with Gasteiger partial charge in [-0.2, -0.15) is 13.2 Å². The zero-order chi connectivity index (χ0) is 15.7. The Morgan fingerprint density at radius 3 is 2.38 bits per heavy atom. The molecule has 1 rings (SSSR count). The molecule has 1 atom stereocenters. The molecule has 0 radical (unpaired) electrons. The number of halogens is 3. The second-order valence-electron chi connectivity index (χ2n) is 5.18. The van der Waals surface area contributed by atoms with E-state index in [9.17, 15) is 13.2 Å². The van der Waals surface area contributed by atoms with E-state index in [1.165, 1.54) is 31.4 Å². The summed E-state index contributed by atoms with van der Waals surface area (Å²) in [5.74, 6) is 0. The van der Waals surface area contributed by atoms with Crippen LogP contribution in [0.5, 0.6) is 0 Å². The molecule has 1 aromatic carbocycles. The largest absolute Gasteiger partial charge is 0.416 e. The molecular weight excluding hydrogens is 277 g/mol. The summed E-state index contributed by atoms with van der Waals surface area (Å²) < 4.78 is 37.3. The smallest absolute Gasteiger partial charge is 0.323 e. The molecule has 0 saturated carbocycles. The SMILES string of the molecule is CCCCCCN=CC(N)Cc1ccc(C(F)(F)F)cc1. The van der Waals surface area contributed by atoms with Gasteiger partial charge in [-0.25, -0.2) is 0 Å². The van der Waals surface area contributed by atoms with Crippen LogP contribution in [0.15, 0.2) is 29.3 Å². The number of unbranched alkanes of at least 4 members (excludes halogenated alkanes) is 3. The van der Waals surface area contributed by atoms with Crippen LogP contribution in [0.3, 0.4) is 0 Å². The van der Waals surface area contributed by atoms with Crippen LogP contribution < -0.4 is 5.73 Å². The zero-order valence-electron chi connectivity index (χ0n) is 12.4. The predicted molar refractivity (Wildman–Crippen MR) is 80.6 cm³/mol. The van der Waals surface area contributed by atoms with E-state index in [-0.39, 0.29) is 6.04 Å². The first-order valence-electron chi connectivity index (χ1n) is 7.35. The van der Waals surface area contributed by atoms with Crippen molar-refractivity contribution >= 4 is 6.21 Å². The third-order valence-corrected chi connectivity index (χ3v) is 3.19. The molecule has 1 aromatic rings. The van der Waals surface area contributed by atoms with Crippen LogP contribution in [-0.2, 0) is 12.6 Å². The highest BCUT2D eigenvalue weighted by Gasteiger charge is 2.29. The maximum Gasteiger partial charge on any atom is 0.416 e. The van der Waals surface area contributed by atoms with Crippen LogP contribution in [0.25, 0.3) is 0 Å². The standard InChI is InChI=1S/C16H23F3N2/c1-2-3-4-5-10-21-12-15(20)11-13-6-8-14(9-7-13)16(17,18)19/h6-9,12,15H,2-5,10-11,20H2,1H3. The first-order chi connectivity index (χ1) is 9.93. The maximum atomic E-state index is 12.4. The van der Waals surface area contributed by atoms with E-state index in [2.05, 4.69) is 11.9 Å². The van der Waals surface area contributed by atoms with Crippen LogP contribution in [0, 0.1) is 0 Å². The first kappa shape index (κ1) is 17.7. The highest BCUT2D eigenvalue weighted by atomic mass is 19.4. The lowest BCUT2D eigenvalue weighted by atomic mass is 10.1. The fourth-order valence-electron chi connectivity index (χ4n) is 1.99. The summed E-state index contributed by atoms with van der Waals surface area (Å²) in [5.41, 5.74) is 6.05. The molecule has 0 spiro atoms. The molecule has 118 valence electrons. The van der Waals surface area contributed by atoms with Gasteiger partial charge in [0.15, 0.2) is 0 Å². The number of alkyl halides is 3. The van der Waals surface area contributed by atoms with E-state index in [0.29, 0.717) is 6.42 Å². The molecule has 0 aliphatic rings. The molecule has 0 amide bonds. The summed E-state index contributed by atoms with van der Waals surface area (Å²) in [6, 6.07) is 4.86. The van der Waals surface area contributed by atoms with Crippen molar-refractivity contribution in [2.24, 2.45) is 10.7 Å². The number of hydrogen-bond acceptors (Lipinski definition) is 2. The molecule has 5 heteroatoms. The lowest BCUT2D eigenvalue weighted by molar-refractivity contribution is -0.137. The quantitative estimate of drug-likeness (QED) is 0.566. The Labute approximate surface area is 124 Å². The number of rotatable bonds is 8. The number of nitrogens with zero attached hydrogens (tertiary/aromatic N) is 1. The summed E-state index contributed by atoms with van der Waals surface area (Å²) >= 11 is 0. The topological polar surface area (TPSA) is 38.4 Å². The van der Waals surface area contributed by atoms with E-state index < -0.39 is 11.7 Å². The Morgan fingerprint density at radius 2 is 1.81 bits per heavy atom. The van der Waals surface area contributed by atoms with Crippen LogP contribution in [0.1, 0.15) is 43.7 Å². The minimum Gasteiger partial charge on any atom is -0.323 e. The molecule has 0 fully saturated rings. The molecule has 0 bridgehead atoms. The summed E-state index contributed by atoms with van der Waals surface area (Å²) in [6.07, 6.45) is 2.53. The average molecular weight is 300 g/mol. The predicted octanol–water partition coefficient (Wildman–Crippen LogP) is 4.23. The lowest BCUT2D eigenvalue weighted by Gasteiger charge is -2.09. The monoisotopic (exact) mass is 300 g/mol.